The van der Waals surface area contributed by atoms with Crippen molar-refractivity contribution >= 4 is 5.91 Å². The van der Waals surface area contributed by atoms with Crippen molar-refractivity contribution < 1.29 is 35.9 Å². The van der Waals surface area contributed by atoms with Crippen molar-refractivity contribution in [3.05, 3.63) is 70.8 Å². The minimum atomic E-state index is -4.94. The number of halogens is 6. The van der Waals surface area contributed by atoms with E-state index in [4.69, 9.17) is 10.5 Å². The molecule has 2 N–H and O–H groups in total. The lowest BCUT2D eigenvalue weighted by Gasteiger charge is -2.41. The van der Waals surface area contributed by atoms with Gasteiger partial charge in [-0.25, -0.2) is 0 Å². The number of benzene rings is 2. The number of hydrogen-bond donors (Lipinski definition) is 1. The van der Waals surface area contributed by atoms with Crippen LogP contribution >= 0.6 is 0 Å². The predicted octanol–water partition coefficient (Wildman–Crippen LogP) is 5.92. The van der Waals surface area contributed by atoms with Crippen LogP contribution in [0.1, 0.15) is 61.5 Å². The molecule has 2 aromatic carbocycles. The van der Waals surface area contributed by atoms with E-state index in [2.05, 4.69) is 0 Å². The molecule has 3 rings (SSSR count). The smallest absolute Gasteiger partial charge is 0.370 e. The lowest BCUT2D eigenvalue weighted by Crippen LogP contribution is -2.55. The van der Waals surface area contributed by atoms with E-state index in [-0.39, 0.29) is 30.0 Å². The number of ether oxygens (including phenoxy) is 1. The molecule has 1 aliphatic heterocycles. The van der Waals surface area contributed by atoms with Gasteiger partial charge in [0, 0.05) is 19.0 Å². The van der Waals surface area contributed by atoms with Crippen LogP contribution in [0.3, 0.4) is 0 Å². The quantitative estimate of drug-likeness (QED) is 0.516. The average Bonchev–Trinajstić information content (AvgIpc) is 2.77. The van der Waals surface area contributed by atoms with Crippen molar-refractivity contribution in [2.75, 3.05) is 13.1 Å². The topological polar surface area (TPSA) is 55.6 Å². The molecule has 0 bridgehead atoms. The predicted molar refractivity (Wildman–Crippen MR) is 118 cm³/mol. The second-order valence-corrected chi connectivity index (χ2v) is 9.43. The van der Waals surface area contributed by atoms with Crippen molar-refractivity contribution in [2.45, 2.75) is 63.2 Å². The van der Waals surface area contributed by atoms with Crippen molar-refractivity contribution in [3.63, 3.8) is 0 Å². The summed E-state index contributed by atoms with van der Waals surface area (Å²) in [7, 11) is 0. The number of hydrogen-bond acceptors (Lipinski definition) is 3. The van der Waals surface area contributed by atoms with E-state index in [1.54, 1.807) is 18.7 Å². The van der Waals surface area contributed by atoms with Gasteiger partial charge in [0.1, 0.15) is 0 Å². The molecule has 2 aromatic rings. The summed E-state index contributed by atoms with van der Waals surface area (Å²) < 4.78 is 85.9. The summed E-state index contributed by atoms with van der Waals surface area (Å²) in [6.45, 7) is 5.19. The number of carbonyl (C=O) groups excluding carboxylic acids is 1. The van der Waals surface area contributed by atoms with Gasteiger partial charge >= 0.3 is 12.4 Å². The second kappa shape index (κ2) is 9.81. The Balaban J connectivity index is 1.91. The van der Waals surface area contributed by atoms with Gasteiger partial charge in [0.15, 0.2) is 0 Å². The lowest BCUT2D eigenvalue weighted by atomic mass is 9.86. The van der Waals surface area contributed by atoms with Gasteiger partial charge in [0.05, 0.1) is 28.9 Å². The molecule has 1 heterocycles. The summed E-state index contributed by atoms with van der Waals surface area (Å²) in [4.78, 5) is 14.4. The third-order valence-electron chi connectivity index (χ3n) is 6.07. The summed E-state index contributed by atoms with van der Waals surface area (Å²) in [5.41, 5.74) is 2.74. The molecule has 192 valence electrons. The zero-order chi connectivity index (χ0) is 26.2. The number of piperidine rings is 1. The van der Waals surface area contributed by atoms with Crippen LogP contribution in [0, 0.1) is 0 Å². The Morgan fingerprint density at radius 3 is 2.03 bits per heavy atom. The molecule has 0 radical (unpaired) electrons. The van der Waals surface area contributed by atoms with E-state index >= 15 is 0 Å². The molecule has 1 saturated heterocycles. The van der Waals surface area contributed by atoms with Gasteiger partial charge in [-0.2, -0.15) is 26.3 Å². The monoisotopic (exact) mass is 502 g/mol. The van der Waals surface area contributed by atoms with Crippen molar-refractivity contribution in [2.24, 2.45) is 5.73 Å². The number of rotatable bonds is 5. The Morgan fingerprint density at radius 2 is 1.54 bits per heavy atom. The van der Waals surface area contributed by atoms with Crippen LogP contribution < -0.4 is 5.73 Å². The molecule has 4 nitrogen and oxygen atoms in total. The van der Waals surface area contributed by atoms with Gasteiger partial charge in [-0.3, -0.25) is 4.79 Å². The van der Waals surface area contributed by atoms with E-state index in [1.165, 1.54) is 6.92 Å². The van der Waals surface area contributed by atoms with E-state index in [9.17, 15) is 31.1 Å². The molecule has 1 aliphatic rings. The lowest BCUT2D eigenvalue weighted by molar-refractivity contribution is -0.143. The first-order valence-corrected chi connectivity index (χ1v) is 11.2. The Bertz CT molecular complexity index is 999. The summed E-state index contributed by atoms with van der Waals surface area (Å²) in [6, 6.07) is 10.6. The molecule has 0 aliphatic carbocycles. The number of amides is 1. The third-order valence-corrected chi connectivity index (χ3v) is 6.07. The van der Waals surface area contributed by atoms with E-state index in [0.717, 1.165) is 5.56 Å². The number of likely N-dealkylation sites (tertiary alicyclic amines) is 1. The molecule has 3 atom stereocenters. The van der Waals surface area contributed by atoms with Crippen molar-refractivity contribution in [1.82, 2.24) is 4.90 Å². The van der Waals surface area contributed by atoms with E-state index in [1.807, 2.05) is 30.3 Å². The number of carbonyl (C=O) groups is 1. The minimum Gasteiger partial charge on any atom is -0.370 e. The second-order valence-electron chi connectivity index (χ2n) is 9.43. The zero-order valence-corrected chi connectivity index (χ0v) is 19.6. The first-order valence-electron chi connectivity index (χ1n) is 11.2. The fourth-order valence-electron chi connectivity index (χ4n) is 4.26. The molecule has 0 spiro atoms. The molecular formula is C25H28F6N2O2. The number of nitrogens with zero attached hydrogens (tertiary/aromatic N) is 1. The van der Waals surface area contributed by atoms with Crippen LogP contribution in [0.5, 0.6) is 0 Å². The molecule has 1 fully saturated rings. The summed E-state index contributed by atoms with van der Waals surface area (Å²) in [6.07, 6.45) is -11.1. The molecule has 0 unspecified atom stereocenters. The van der Waals surface area contributed by atoms with Gasteiger partial charge < -0.3 is 15.4 Å². The minimum absolute atomic E-state index is 0.0989. The maximum atomic E-state index is 13.3. The van der Waals surface area contributed by atoms with Crippen LogP contribution in [0.15, 0.2) is 48.5 Å². The van der Waals surface area contributed by atoms with Crippen LogP contribution in [-0.2, 0) is 21.9 Å². The van der Waals surface area contributed by atoms with Crippen LogP contribution in [0.2, 0.25) is 0 Å². The van der Waals surface area contributed by atoms with Gasteiger partial charge in [-0.1, -0.05) is 30.3 Å². The van der Waals surface area contributed by atoms with Gasteiger partial charge in [0.2, 0.25) is 5.91 Å². The van der Waals surface area contributed by atoms with E-state index < -0.39 is 41.2 Å². The molecule has 1 amide bonds. The van der Waals surface area contributed by atoms with Crippen LogP contribution in [0.4, 0.5) is 26.3 Å². The molecular weight excluding hydrogens is 474 g/mol. The SMILES string of the molecule is C[C@@H](O[C@H]1CCN(C(=O)C(C)(C)N)C[C@H]1c1ccccc1)c1cc(C(F)(F)F)cc(C(F)(F)F)c1. The molecule has 0 saturated carbocycles. The maximum absolute atomic E-state index is 13.3. The zero-order valence-electron chi connectivity index (χ0n) is 19.6. The molecule has 0 aromatic heterocycles. The third kappa shape index (κ3) is 6.55. The highest BCUT2D eigenvalue weighted by Crippen LogP contribution is 2.39. The first-order chi connectivity index (χ1) is 16.1. The molecule has 10 heteroatoms. The standard InChI is InChI=1S/C25H28F6N2O2/c1-15(17-11-18(24(26,27)28)13-19(12-17)25(29,30)31)35-21-9-10-33(22(34)23(2,3)32)14-20(21)16-7-5-4-6-8-16/h4-8,11-13,15,20-21H,9-10,14,32H2,1-3H3/t15-,20+,21+/m1/s1. The van der Waals surface area contributed by atoms with E-state index in [0.29, 0.717) is 25.1 Å². The number of nitrogens with two attached hydrogens (primary N) is 1. The Labute approximate surface area is 200 Å². The summed E-state index contributed by atoms with van der Waals surface area (Å²) in [5.74, 6) is -0.593. The highest BCUT2D eigenvalue weighted by molar-refractivity contribution is 5.85. The Kier molecular flexibility index (Phi) is 7.57. The largest absolute Gasteiger partial charge is 0.416 e. The normalized spacial score (nSPS) is 20.6. The highest BCUT2D eigenvalue weighted by Gasteiger charge is 2.40. The Morgan fingerprint density at radius 1 is 1.00 bits per heavy atom. The van der Waals surface area contributed by atoms with Crippen molar-refractivity contribution in [3.8, 4) is 0 Å². The molecule has 35 heavy (non-hydrogen) atoms. The van der Waals surface area contributed by atoms with Gasteiger partial charge in [-0.05, 0) is 56.5 Å². The van der Waals surface area contributed by atoms with Crippen LogP contribution in [-0.4, -0.2) is 35.5 Å². The fraction of sp³-hybridized carbons (Fsp3) is 0.480. The van der Waals surface area contributed by atoms with Crippen LogP contribution in [0.25, 0.3) is 0 Å². The fourth-order valence-corrected chi connectivity index (χ4v) is 4.26. The van der Waals surface area contributed by atoms with Gasteiger partial charge in [-0.15, -0.1) is 0 Å². The van der Waals surface area contributed by atoms with Gasteiger partial charge in [0.25, 0.3) is 0 Å². The number of alkyl halides is 6. The summed E-state index contributed by atoms with van der Waals surface area (Å²) >= 11 is 0. The maximum Gasteiger partial charge on any atom is 0.416 e. The average molecular weight is 502 g/mol. The highest BCUT2D eigenvalue weighted by atomic mass is 19.4. The Hall–Kier alpha value is -2.59. The summed E-state index contributed by atoms with van der Waals surface area (Å²) in [5, 5.41) is 0. The van der Waals surface area contributed by atoms with Crippen molar-refractivity contribution in [1.29, 1.82) is 0 Å². The first kappa shape index (κ1) is 27.0.